The van der Waals surface area contributed by atoms with Gasteiger partial charge in [-0.3, -0.25) is 4.79 Å². The first-order valence-corrected chi connectivity index (χ1v) is 4.66. The molecule has 4 heteroatoms. The van der Waals surface area contributed by atoms with Crippen LogP contribution < -0.4 is 0 Å². The second-order valence-corrected chi connectivity index (χ2v) is 3.24. The van der Waals surface area contributed by atoms with Gasteiger partial charge >= 0.3 is 5.92 Å². The molecule has 15 heavy (non-hydrogen) atoms. The average Bonchev–Trinajstić information content (AvgIpc) is 2.28. The van der Waals surface area contributed by atoms with Crippen LogP contribution in [0.1, 0.15) is 23.7 Å². The highest BCUT2D eigenvalue weighted by Crippen LogP contribution is 2.25. The Morgan fingerprint density at radius 2 is 1.93 bits per heavy atom. The monoisotopic (exact) mass is 214 g/mol. The molecule has 0 spiro atoms. The summed E-state index contributed by atoms with van der Waals surface area (Å²) in [4.78, 5) is 11.4. The molecule has 82 valence electrons. The smallest absolute Gasteiger partial charge is 0.334 e. The van der Waals surface area contributed by atoms with Crippen molar-refractivity contribution in [3.05, 3.63) is 35.9 Å². The first kappa shape index (κ1) is 11.8. The van der Waals surface area contributed by atoms with Gasteiger partial charge in [0.25, 0.3) is 0 Å². The van der Waals surface area contributed by atoms with E-state index in [9.17, 15) is 13.6 Å². The zero-order chi connectivity index (χ0) is 11.5. The molecule has 0 amide bonds. The minimum Gasteiger partial charge on any atom is -0.386 e. The van der Waals surface area contributed by atoms with Crippen molar-refractivity contribution < 1.29 is 18.7 Å². The number of carbonyl (C=O) groups excluding carboxylic acids is 1. The highest BCUT2D eigenvalue weighted by atomic mass is 19.3. The third-order valence-corrected chi connectivity index (χ3v) is 2.14. The lowest BCUT2D eigenvalue weighted by Gasteiger charge is -2.19. The van der Waals surface area contributed by atoms with Gasteiger partial charge in [-0.1, -0.05) is 37.3 Å². The van der Waals surface area contributed by atoms with E-state index >= 15 is 0 Å². The summed E-state index contributed by atoms with van der Waals surface area (Å²) in [6.07, 6.45) is -2.09. The van der Waals surface area contributed by atoms with E-state index in [1.807, 2.05) is 0 Å². The second kappa shape index (κ2) is 4.49. The van der Waals surface area contributed by atoms with Gasteiger partial charge in [-0.05, 0) is 6.42 Å². The van der Waals surface area contributed by atoms with Gasteiger partial charge in [-0.2, -0.15) is 8.78 Å². The van der Waals surface area contributed by atoms with Crippen molar-refractivity contribution in [2.75, 3.05) is 0 Å². The van der Waals surface area contributed by atoms with Crippen LogP contribution in [0.4, 0.5) is 8.78 Å². The first-order chi connectivity index (χ1) is 7.00. The molecule has 0 aliphatic rings. The number of benzene rings is 1. The summed E-state index contributed by atoms with van der Waals surface area (Å²) >= 11 is 0. The number of hydrogen-bond acceptors (Lipinski definition) is 2. The normalized spacial score (nSPS) is 13.6. The Morgan fingerprint density at radius 1 is 1.40 bits per heavy atom. The number of Topliss-reactive ketones (excluding diaryl/α,β-unsaturated/α-hetero) is 1. The summed E-state index contributed by atoms with van der Waals surface area (Å²) in [5.74, 6) is -5.05. The van der Waals surface area contributed by atoms with Crippen LogP contribution in [0.2, 0.25) is 0 Å². The fraction of sp³-hybridized carbons (Fsp3) is 0.364. The van der Waals surface area contributed by atoms with Gasteiger partial charge in [0.15, 0.2) is 0 Å². The van der Waals surface area contributed by atoms with E-state index in [0.717, 1.165) is 0 Å². The van der Waals surface area contributed by atoms with Crippen LogP contribution in [0.3, 0.4) is 0 Å². The van der Waals surface area contributed by atoms with Crippen LogP contribution >= 0.6 is 0 Å². The maximum absolute atomic E-state index is 13.3. The third-order valence-electron chi connectivity index (χ3n) is 2.14. The fourth-order valence-electron chi connectivity index (χ4n) is 1.19. The highest BCUT2D eigenvalue weighted by Gasteiger charge is 2.45. The largest absolute Gasteiger partial charge is 0.386 e. The van der Waals surface area contributed by atoms with Crippen LogP contribution in [0.25, 0.3) is 0 Å². The molecule has 1 rings (SSSR count). The molecule has 1 unspecified atom stereocenters. The van der Waals surface area contributed by atoms with Gasteiger partial charge < -0.3 is 5.11 Å². The first-order valence-electron chi connectivity index (χ1n) is 4.66. The zero-order valence-electron chi connectivity index (χ0n) is 8.28. The molecule has 0 fully saturated rings. The maximum Gasteiger partial charge on any atom is 0.334 e. The Morgan fingerprint density at radius 3 is 2.40 bits per heavy atom. The SMILES string of the molecule is CCC(O)C(F)(F)C(=O)c1ccccc1. The Hall–Kier alpha value is -1.29. The number of aliphatic hydroxyl groups is 1. The number of carbonyl (C=O) groups is 1. The Kier molecular flexibility index (Phi) is 3.52. The Labute approximate surface area is 86.5 Å². The van der Waals surface area contributed by atoms with Crippen molar-refractivity contribution in [2.45, 2.75) is 25.4 Å². The van der Waals surface area contributed by atoms with Crippen LogP contribution in [0.5, 0.6) is 0 Å². The van der Waals surface area contributed by atoms with Gasteiger partial charge in [-0.25, -0.2) is 0 Å². The summed E-state index contributed by atoms with van der Waals surface area (Å²) < 4.78 is 26.6. The third kappa shape index (κ3) is 2.39. The lowest BCUT2D eigenvalue weighted by molar-refractivity contribution is -0.0780. The minimum absolute atomic E-state index is 0.0880. The molecule has 0 saturated heterocycles. The molecule has 0 saturated carbocycles. The number of ketones is 1. The number of alkyl halides is 2. The number of hydrogen-bond donors (Lipinski definition) is 1. The van der Waals surface area contributed by atoms with E-state index < -0.39 is 17.8 Å². The van der Waals surface area contributed by atoms with Crippen molar-refractivity contribution >= 4 is 5.78 Å². The molecule has 0 bridgehead atoms. The van der Waals surface area contributed by atoms with Crippen molar-refractivity contribution in [3.63, 3.8) is 0 Å². The molecule has 0 aliphatic carbocycles. The molecular formula is C11H12F2O2. The van der Waals surface area contributed by atoms with Crippen molar-refractivity contribution in [1.82, 2.24) is 0 Å². The molecule has 0 radical (unpaired) electrons. The Balaban J connectivity index is 2.94. The predicted molar refractivity (Wildman–Crippen MR) is 52.0 cm³/mol. The van der Waals surface area contributed by atoms with Crippen LogP contribution in [0, 0.1) is 0 Å². The molecule has 1 N–H and O–H groups in total. The van der Waals surface area contributed by atoms with E-state index in [4.69, 9.17) is 5.11 Å². The van der Waals surface area contributed by atoms with Crippen molar-refractivity contribution in [2.24, 2.45) is 0 Å². The summed E-state index contributed by atoms with van der Waals surface area (Å²) in [7, 11) is 0. The summed E-state index contributed by atoms with van der Waals surface area (Å²) in [6, 6.07) is 7.24. The molecule has 0 aliphatic heterocycles. The molecule has 0 heterocycles. The van der Waals surface area contributed by atoms with Gasteiger partial charge in [0.2, 0.25) is 5.78 Å². The average molecular weight is 214 g/mol. The quantitative estimate of drug-likeness (QED) is 0.780. The number of rotatable bonds is 4. The number of halogens is 2. The maximum atomic E-state index is 13.3. The predicted octanol–water partition coefficient (Wildman–Crippen LogP) is 2.28. The summed E-state index contributed by atoms with van der Waals surface area (Å²) in [5.41, 5.74) is -0.0880. The molecule has 2 nitrogen and oxygen atoms in total. The lowest BCUT2D eigenvalue weighted by Crippen LogP contribution is -2.41. The van der Waals surface area contributed by atoms with Crippen LogP contribution in [-0.2, 0) is 0 Å². The molecule has 1 atom stereocenters. The topological polar surface area (TPSA) is 37.3 Å². The van der Waals surface area contributed by atoms with Gasteiger partial charge in [0, 0.05) is 5.56 Å². The van der Waals surface area contributed by atoms with Gasteiger partial charge in [0.1, 0.15) is 6.10 Å². The Bertz CT molecular complexity index is 336. The van der Waals surface area contributed by atoms with Crippen molar-refractivity contribution in [1.29, 1.82) is 0 Å². The highest BCUT2D eigenvalue weighted by molar-refractivity contribution is 6.01. The molecule has 0 aromatic heterocycles. The van der Waals surface area contributed by atoms with Crippen molar-refractivity contribution in [3.8, 4) is 0 Å². The number of aliphatic hydroxyl groups excluding tert-OH is 1. The van der Waals surface area contributed by atoms with E-state index in [-0.39, 0.29) is 12.0 Å². The summed E-state index contributed by atoms with van der Waals surface area (Å²) in [6.45, 7) is 1.40. The van der Waals surface area contributed by atoms with Gasteiger partial charge in [-0.15, -0.1) is 0 Å². The zero-order valence-corrected chi connectivity index (χ0v) is 8.28. The standard InChI is InChI=1S/C11H12F2O2/c1-2-9(14)11(12,13)10(15)8-6-4-3-5-7-8/h3-7,9,14H,2H2,1H3. The minimum atomic E-state index is -3.71. The van der Waals surface area contributed by atoms with E-state index in [2.05, 4.69) is 0 Å². The molecular weight excluding hydrogens is 202 g/mol. The van der Waals surface area contributed by atoms with E-state index in [1.165, 1.54) is 31.2 Å². The van der Waals surface area contributed by atoms with Crippen LogP contribution in [-0.4, -0.2) is 22.9 Å². The van der Waals surface area contributed by atoms with E-state index in [1.54, 1.807) is 6.07 Å². The second-order valence-electron chi connectivity index (χ2n) is 3.24. The lowest BCUT2D eigenvalue weighted by atomic mass is 10.00. The van der Waals surface area contributed by atoms with E-state index in [0.29, 0.717) is 0 Å². The molecule has 1 aromatic rings. The van der Waals surface area contributed by atoms with Crippen LogP contribution in [0.15, 0.2) is 30.3 Å². The fourth-order valence-corrected chi connectivity index (χ4v) is 1.19. The molecule has 1 aromatic carbocycles. The van der Waals surface area contributed by atoms with Gasteiger partial charge in [0.05, 0.1) is 0 Å². The summed E-state index contributed by atoms with van der Waals surface area (Å²) in [5, 5.41) is 9.05.